The number of aromatic nitrogens is 1. The summed E-state index contributed by atoms with van der Waals surface area (Å²) in [4.78, 5) is 15.7. The molecular weight excluding hydrogens is 212 g/mol. The molecule has 0 spiro atoms. The fraction of sp³-hybridized carbons (Fsp3) is 0.571. The van der Waals surface area contributed by atoms with Gasteiger partial charge in [-0.05, 0) is 24.5 Å². The van der Waals surface area contributed by atoms with Crippen molar-refractivity contribution in [2.75, 3.05) is 6.54 Å². The molecule has 0 saturated heterocycles. The predicted octanol–water partition coefficient (Wildman–Crippen LogP) is 3.03. The summed E-state index contributed by atoms with van der Waals surface area (Å²) >= 11 is 0. The average molecular weight is 234 g/mol. The second-order valence-corrected chi connectivity index (χ2v) is 4.37. The van der Waals surface area contributed by atoms with Crippen LogP contribution in [-0.4, -0.2) is 17.4 Å². The lowest BCUT2D eigenvalue weighted by molar-refractivity contribution is 0.0945. The maximum Gasteiger partial charge on any atom is 0.252 e. The van der Waals surface area contributed by atoms with E-state index in [1.165, 1.54) is 19.3 Å². The van der Waals surface area contributed by atoms with Crippen molar-refractivity contribution in [1.29, 1.82) is 0 Å². The molecule has 1 amide bonds. The lowest BCUT2D eigenvalue weighted by Gasteiger charge is -2.15. The summed E-state index contributed by atoms with van der Waals surface area (Å²) in [5, 5.41) is 2.98. The summed E-state index contributed by atoms with van der Waals surface area (Å²) in [6, 6.07) is 3.57. The smallest absolute Gasteiger partial charge is 0.252 e. The van der Waals surface area contributed by atoms with Gasteiger partial charge in [-0.1, -0.05) is 33.1 Å². The van der Waals surface area contributed by atoms with E-state index in [9.17, 15) is 4.79 Å². The van der Waals surface area contributed by atoms with Crippen molar-refractivity contribution in [3.05, 3.63) is 30.1 Å². The van der Waals surface area contributed by atoms with Crippen LogP contribution in [0.1, 0.15) is 49.9 Å². The third-order valence-corrected chi connectivity index (χ3v) is 3.02. The van der Waals surface area contributed by atoms with Gasteiger partial charge in [0.15, 0.2) is 0 Å². The molecule has 94 valence electrons. The monoisotopic (exact) mass is 234 g/mol. The van der Waals surface area contributed by atoms with Crippen molar-refractivity contribution < 1.29 is 4.79 Å². The standard InChI is InChI=1S/C14H22N2O/c1-3-5-7-12(4-2)10-16-14(17)13-8-6-9-15-11-13/h6,8-9,11-12H,3-5,7,10H2,1-2H3,(H,16,17). The minimum absolute atomic E-state index is 0.0203. The van der Waals surface area contributed by atoms with Gasteiger partial charge in [0.1, 0.15) is 0 Å². The maximum atomic E-state index is 11.8. The Morgan fingerprint density at radius 1 is 1.47 bits per heavy atom. The van der Waals surface area contributed by atoms with Crippen molar-refractivity contribution in [2.24, 2.45) is 5.92 Å². The second-order valence-electron chi connectivity index (χ2n) is 4.37. The molecule has 3 nitrogen and oxygen atoms in total. The van der Waals surface area contributed by atoms with E-state index in [1.807, 2.05) is 0 Å². The van der Waals surface area contributed by atoms with E-state index in [0.29, 0.717) is 11.5 Å². The molecule has 0 radical (unpaired) electrons. The van der Waals surface area contributed by atoms with E-state index in [4.69, 9.17) is 0 Å². The molecule has 1 unspecified atom stereocenters. The van der Waals surface area contributed by atoms with Crippen LogP contribution in [0.4, 0.5) is 0 Å². The minimum atomic E-state index is -0.0203. The van der Waals surface area contributed by atoms with Crippen LogP contribution in [0.3, 0.4) is 0 Å². The molecule has 0 fully saturated rings. The van der Waals surface area contributed by atoms with Crippen molar-refractivity contribution >= 4 is 5.91 Å². The lowest BCUT2D eigenvalue weighted by Crippen LogP contribution is -2.29. The van der Waals surface area contributed by atoms with Gasteiger partial charge in [0.05, 0.1) is 5.56 Å². The first kappa shape index (κ1) is 13.7. The quantitative estimate of drug-likeness (QED) is 0.788. The Morgan fingerprint density at radius 2 is 2.29 bits per heavy atom. The SMILES string of the molecule is CCCCC(CC)CNC(=O)c1cccnc1. The Labute approximate surface area is 104 Å². The number of hydrogen-bond acceptors (Lipinski definition) is 2. The minimum Gasteiger partial charge on any atom is -0.352 e. The van der Waals surface area contributed by atoms with Gasteiger partial charge < -0.3 is 5.32 Å². The normalized spacial score (nSPS) is 12.1. The zero-order valence-corrected chi connectivity index (χ0v) is 10.8. The number of rotatable bonds is 7. The number of nitrogens with zero attached hydrogens (tertiary/aromatic N) is 1. The van der Waals surface area contributed by atoms with Gasteiger partial charge in [0.2, 0.25) is 0 Å². The van der Waals surface area contributed by atoms with Gasteiger partial charge in [-0.3, -0.25) is 9.78 Å². The predicted molar refractivity (Wildman–Crippen MR) is 69.9 cm³/mol. The Balaban J connectivity index is 2.36. The molecule has 1 N–H and O–H groups in total. The van der Waals surface area contributed by atoms with E-state index < -0.39 is 0 Å². The first-order valence-electron chi connectivity index (χ1n) is 6.46. The second kappa shape index (κ2) is 7.82. The van der Waals surface area contributed by atoms with Crippen LogP contribution < -0.4 is 5.32 Å². The zero-order valence-electron chi connectivity index (χ0n) is 10.8. The summed E-state index contributed by atoms with van der Waals surface area (Å²) in [5.74, 6) is 0.573. The number of carbonyl (C=O) groups excluding carboxylic acids is 1. The van der Waals surface area contributed by atoms with Crippen LogP contribution in [0.2, 0.25) is 0 Å². The maximum absolute atomic E-state index is 11.8. The first-order valence-corrected chi connectivity index (χ1v) is 6.46. The highest BCUT2D eigenvalue weighted by Gasteiger charge is 2.09. The van der Waals surface area contributed by atoms with Gasteiger partial charge in [-0.2, -0.15) is 0 Å². The highest BCUT2D eigenvalue weighted by atomic mass is 16.1. The number of nitrogens with one attached hydrogen (secondary N) is 1. The van der Waals surface area contributed by atoms with E-state index >= 15 is 0 Å². The Kier molecular flexibility index (Phi) is 6.30. The highest BCUT2D eigenvalue weighted by Crippen LogP contribution is 2.11. The molecule has 1 aromatic heterocycles. The number of unbranched alkanes of at least 4 members (excludes halogenated alkanes) is 1. The highest BCUT2D eigenvalue weighted by molar-refractivity contribution is 5.93. The molecular formula is C14H22N2O. The topological polar surface area (TPSA) is 42.0 Å². The van der Waals surface area contributed by atoms with Gasteiger partial charge >= 0.3 is 0 Å². The van der Waals surface area contributed by atoms with Gasteiger partial charge in [-0.25, -0.2) is 0 Å². The van der Waals surface area contributed by atoms with Crippen molar-refractivity contribution in [2.45, 2.75) is 39.5 Å². The fourth-order valence-electron chi connectivity index (χ4n) is 1.78. The summed E-state index contributed by atoms with van der Waals surface area (Å²) in [6.45, 7) is 5.14. The molecule has 17 heavy (non-hydrogen) atoms. The van der Waals surface area contributed by atoms with E-state index in [2.05, 4.69) is 24.1 Å². The Morgan fingerprint density at radius 3 is 2.88 bits per heavy atom. The van der Waals surface area contributed by atoms with Crippen LogP contribution in [0, 0.1) is 5.92 Å². The van der Waals surface area contributed by atoms with Gasteiger partial charge in [0, 0.05) is 18.9 Å². The molecule has 1 atom stereocenters. The Hall–Kier alpha value is -1.38. The van der Waals surface area contributed by atoms with Crippen LogP contribution in [0.15, 0.2) is 24.5 Å². The average Bonchev–Trinajstić information content (AvgIpc) is 2.39. The molecule has 0 aliphatic rings. The largest absolute Gasteiger partial charge is 0.352 e. The molecule has 0 aliphatic heterocycles. The van der Waals surface area contributed by atoms with Crippen LogP contribution in [0.25, 0.3) is 0 Å². The molecule has 1 rings (SSSR count). The zero-order chi connectivity index (χ0) is 12.5. The van der Waals surface area contributed by atoms with Crippen molar-refractivity contribution in [1.82, 2.24) is 10.3 Å². The summed E-state index contributed by atoms with van der Waals surface area (Å²) in [7, 11) is 0. The molecule has 1 heterocycles. The third kappa shape index (κ3) is 4.98. The Bertz CT molecular complexity index is 324. The third-order valence-electron chi connectivity index (χ3n) is 3.02. The van der Waals surface area contributed by atoms with Crippen LogP contribution in [-0.2, 0) is 0 Å². The molecule has 0 saturated carbocycles. The van der Waals surface area contributed by atoms with Crippen LogP contribution >= 0.6 is 0 Å². The summed E-state index contributed by atoms with van der Waals surface area (Å²) in [5.41, 5.74) is 0.637. The number of amides is 1. The van der Waals surface area contributed by atoms with E-state index in [1.54, 1.807) is 24.5 Å². The van der Waals surface area contributed by atoms with Gasteiger partial charge in [0.25, 0.3) is 5.91 Å². The summed E-state index contributed by atoms with van der Waals surface area (Å²) < 4.78 is 0. The molecule has 0 aliphatic carbocycles. The van der Waals surface area contributed by atoms with Crippen LogP contribution in [0.5, 0.6) is 0 Å². The molecule has 0 bridgehead atoms. The van der Waals surface area contributed by atoms with Crippen molar-refractivity contribution in [3.8, 4) is 0 Å². The molecule has 1 aromatic rings. The number of pyridine rings is 1. The van der Waals surface area contributed by atoms with Gasteiger partial charge in [-0.15, -0.1) is 0 Å². The summed E-state index contributed by atoms with van der Waals surface area (Å²) in [6.07, 6.45) is 8.04. The lowest BCUT2D eigenvalue weighted by atomic mass is 9.99. The van der Waals surface area contributed by atoms with E-state index in [-0.39, 0.29) is 5.91 Å². The molecule has 3 heteroatoms. The van der Waals surface area contributed by atoms with Crippen molar-refractivity contribution in [3.63, 3.8) is 0 Å². The number of hydrogen-bond donors (Lipinski definition) is 1. The number of carbonyl (C=O) groups is 1. The van der Waals surface area contributed by atoms with E-state index in [0.717, 1.165) is 13.0 Å². The first-order chi connectivity index (χ1) is 8.27. The fourth-order valence-corrected chi connectivity index (χ4v) is 1.78. The molecule has 0 aromatic carbocycles.